The van der Waals surface area contributed by atoms with Crippen LogP contribution in [0, 0.1) is 5.92 Å². The first-order valence-corrected chi connectivity index (χ1v) is 7.50. The van der Waals surface area contributed by atoms with Crippen molar-refractivity contribution in [3.8, 4) is 0 Å². The number of hydrogen-bond donors (Lipinski definition) is 2. The van der Waals surface area contributed by atoms with Crippen molar-refractivity contribution in [1.29, 1.82) is 0 Å². The van der Waals surface area contributed by atoms with E-state index in [1.165, 1.54) is 14.0 Å². The highest BCUT2D eigenvalue weighted by Gasteiger charge is 2.42. The quantitative estimate of drug-likeness (QED) is 0.745. The summed E-state index contributed by atoms with van der Waals surface area (Å²) in [4.78, 5) is 35.9. The first-order valence-electron chi connectivity index (χ1n) is 7.50. The summed E-state index contributed by atoms with van der Waals surface area (Å²) in [6.45, 7) is 5.09. The Morgan fingerprint density at radius 1 is 1.10 bits per heavy atom. The fourth-order valence-electron chi connectivity index (χ4n) is 2.81. The summed E-state index contributed by atoms with van der Waals surface area (Å²) >= 11 is 0. The minimum Gasteiger partial charge on any atom is -0.467 e. The zero-order valence-corrected chi connectivity index (χ0v) is 13.3. The number of ether oxygens (including phenoxy) is 1. The van der Waals surface area contributed by atoms with E-state index in [9.17, 15) is 14.4 Å². The molecule has 2 N–H and O–H groups in total. The van der Waals surface area contributed by atoms with Crippen LogP contribution in [-0.4, -0.2) is 36.5 Å². The highest BCUT2D eigenvalue weighted by molar-refractivity contribution is 5.93. The molecule has 0 radical (unpaired) electrons. The summed E-state index contributed by atoms with van der Waals surface area (Å²) in [5.74, 6) is -1.07. The molecule has 6 nitrogen and oxygen atoms in total. The number of esters is 1. The van der Waals surface area contributed by atoms with Gasteiger partial charge in [0.2, 0.25) is 11.8 Å². The largest absolute Gasteiger partial charge is 0.467 e. The zero-order chi connectivity index (χ0) is 16.0. The van der Waals surface area contributed by atoms with Crippen LogP contribution >= 0.6 is 0 Å². The molecule has 1 saturated carbocycles. The third-order valence-electron chi connectivity index (χ3n) is 3.97. The van der Waals surface area contributed by atoms with Crippen LogP contribution < -0.4 is 10.6 Å². The highest BCUT2D eigenvalue weighted by atomic mass is 16.5. The topological polar surface area (TPSA) is 84.5 Å². The number of rotatable bonds is 5. The molecule has 0 aromatic rings. The summed E-state index contributed by atoms with van der Waals surface area (Å²) < 4.78 is 4.73. The van der Waals surface area contributed by atoms with E-state index < -0.39 is 17.6 Å². The second kappa shape index (κ2) is 7.43. The molecule has 1 fully saturated rings. The van der Waals surface area contributed by atoms with E-state index in [0.29, 0.717) is 12.8 Å². The minimum absolute atomic E-state index is 0.0839. The van der Waals surface area contributed by atoms with Gasteiger partial charge >= 0.3 is 5.97 Å². The monoisotopic (exact) mass is 298 g/mol. The van der Waals surface area contributed by atoms with Crippen LogP contribution in [0.1, 0.15) is 52.9 Å². The lowest BCUT2D eigenvalue weighted by molar-refractivity contribution is -0.147. The van der Waals surface area contributed by atoms with Crippen LogP contribution in [0.15, 0.2) is 0 Å². The van der Waals surface area contributed by atoms with Gasteiger partial charge in [-0.3, -0.25) is 9.59 Å². The molecule has 1 aliphatic carbocycles. The van der Waals surface area contributed by atoms with Gasteiger partial charge in [-0.25, -0.2) is 4.79 Å². The van der Waals surface area contributed by atoms with Gasteiger partial charge in [0, 0.05) is 6.92 Å². The maximum atomic E-state index is 12.7. The molecular formula is C15H26N2O4. The van der Waals surface area contributed by atoms with Crippen molar-refractivity contribution < 1.29 is 19.1 Å². The molecule has 1 aliphatic rings. The van der Waals surface area contributed by atoms with Gasteiger partial charge in [0.25, 0.3) is 0 Å². The van der Waals surface area contributed by atoms with E-state index in [4.69, 9.17) is 4.74 Å². The fraction of sp³-hybridized carbons (Fsp3) is 0.800. The molecule has 2 amide bonds. The van der Waals surface area contributed by atoms with E-state index in [0.717, 1.165) is 19.3 Å². The Morgan fingerprint density at radius 3 is 2.10 bits per heavy atom. The van der Waals surface area contributed by atoms with Crippen molar-refractivity contribution in [2.24, 2.45) is 5.92 Å². The van der Waals surface area contributed by atoms with Crippen LogP contribution in [-0.2, 0) is 19.1 Å². The summed E-state index contributed by atoms with van der Waals surface area (Å²) in [5, 5.41) is 5.55. The fourth-order valence-corrected chi connectivity index (χ4v) is 2.81. The molecular weight excluding hydrogens is 272 g/mol. The molecule has 0 aromatic carbocycles. The first kappa shape index (κ1) is 17.5. The van der Waals surface area contributed by atoms with E-state index in [2.05, 4.69) is 10.6 Å². The zero-order valence-electron chi connectivity index (χ0n) is 13.3. The maximum Gasteiger partial charge on any atom is 0.328 e. The normalized spacial score (nSPS) is 18.7. The maximum absolute atomic E-state index is 12.7. The minimum atomic E-state index is -0.898. The Hall–Kier alpha value is -1.59. The third kappa shape index (κ3) is 4.44. The highest BCUT2D eigenvalue weighted by Crippen LogP contribution is 2.29. The number of carbonyl (C=O) groups is 3. The Morgan fingerprint density at radius 2 is 1.67 bits per heavy atom. The van der Waals surface area contributed by atoms with Crippen LogP contribution in [0.5, 0.6) is 0 Å². The standard InChI is InChI=1S/C15H26N2O4/c1-10(2)12(13(19)21-4)16-14(20)15(17-11(3)18)8-6-5-7-9-15/h10,12H,5-9H2,1-4H3,(H,16,20)(H,17,18)/t12-/m0/s1. The van der Waals surface area contributed by atoms with E-state index in [-0.39, 0.29) is 17.7 Å². The van der Waals surface area contributed by atoms with E-state index in [1.54, 1.807) is 0 Å². The molecule has 0 bridgehead atoms. The van der Waals surface area contributed by atoms with Crippen molar-refractivity contribution in [3.05, 3.63) is 0 Å². The van der Waals surface area contributed by atoms with Gasteiger partial charge in [0.1, 0.15) is 11.6 Å². The Labute approximate surface area is 126 Å². The second-order valence-corrected chi connectivity index (χ2v) is 6.04. The first-order chi connectivity index (χ1) is 9.82. The SMILES string of the molecule is COC(=O)[C@@H](NC(=O)C1(NC(C)=O)CCCCC1)C(C)C. The number of carbonyl (C=O) groups excluding carboxylic acids is 3. The van der Waals surface area contributed by atoms with E-state index in [1.807, 2.05) is 13.8 Å². The summed E-state index contributed by atoms with van der Waals surface area (Å²) in [6, 6.07) is -0.699. The molecule has 6 heteroatoms. The second-order valence-electron chi connectivity index (χ2n) is 6.04. The third-order valence-corrected chi connectivity index (χ3v) is 3.97. The van der Waals surface area contributed by atoms with Gasteiger partial charge < -0.3 is 15.4 Å². The average Bonchev–Trinajstić information content (AvgIpc) is 2.43. The van der Waals surface area contributed by atoms with Crippen LogP contribution in [0.3, 0.4) is 0 Å². The lowest BCUT2D eigenvalue weighted by Gasteiger charge is -2.37. The van der Waals surface area contributed by atoms with Crippen molar-refractivity contribution in [3.63, 3.8) is 0 Å². The van der Waals surface area contributed by atoms with Crippen molar-refractivity contribution >= 4 is 17.8 Å². The van der Waals surface area contributed by atoms with Gasteiger partial charge in [-0.2, -0.15) is 0 Å². The smallest absolute Gasteiger partial charge is 0.328 e. The average molecular weight is 298 g/mol. The Balaban J connectivity index is 2.89. The van der Waals surface area contributed by atoms with Gasteiger partial charge in [-0.15, -0.1) is 0 Å². The molecule has 0 aliphatic heterocycles. The molecule has 0 unspecified atom stereocenters. The molecule has 0 heterocycles. The molecule has 1 rings (SSSR count). The Bertz CT molecular complexity index is 400. The Kier molecular flexibility index (Phi) is 6.18. The van der Waals surface area contributed by atoms with Crippen LogP contribution in [0.25, 0.3) is 0 Å². The van der Waals surface area contributed by atoms with Crippen LogP contribution in [0.4, 0.5) is 0 Å². The van der Waals surface area contributed by atoms with Gasteiger partial charge in [0.15, 0.2) is 0 Å². The van der Waals surface area contributed by atoms with Gasteiger partial charge in [-0.05, 0) is 18.8 Å². The van der Waals surface area contributed by atoms with E-state index >= 15 is 0 Å². The molecule has 1 atom stereocenters. The summed E-state index contributed by atoms with van der Waals surface area (Å²) in [5.41, 5.74) is -0.898. The van der Waals surface area contributed by atoms with Gasteiger partial charge in [-0.1, -0.05) is 33.1 Å². The van der Waals surface area contributed by atoms with Crippen molar-refractivity contribution in [1.82, 2.24) is 10.6 Å². The lowest BCUT2D eigenvalue weighted by atomic mass is 9.80. The molecule has 21 heavy (non-hydrogen) atoms. The number of methoxy groups -OCH3 is 1. The van der Waals surface area contributed by atoms with Crippen LogP contribution in [0.2, 0.25) is 0 Å². The van der Waals surface area contributed by atoms with Crippen molar-refractivity contribution in [2.75, 3.05) is 7.11 Å². The predicted octanol–water partition coefficient (Wildman–Crippen LogP) is 1.14. The molecule has 0 aromatic heterocycles. The molecule has 0 spiro atoms. The van der Waals surface area contributed by atoms with Crippen molar-refractivity contribution in [2.45, 2.75) is 64.5 Å². The summed E-state index contributed by atoms with van der Waals surface area (Å²) in [7, 11) is 1.30. The number of hydrogen-bond acceptors (Lipinski definition) is 4. The number of nitrogens with one attached hydrogen (secondary N) is 2. The molecule has 120 valence electrons. The molecule has 0 saturated heterocycles. The number of amides is 2. The lowest BCUT2D eigenvalue weighted by Crippen LogP contribution is -2.62. The van der Waals surface area contributed by atoms with Gasteiger partial charge in [0.05, 0.1) is 7.11 Å². The summed E-state index contributed by atoms with van der Waals surface area (Å²) in [6.07, 6.45) is 4.03. The predicted molar refractivity (Wildman–Crippen MR) is 78.4 cm³/mol.